The molecule has 2 fully saturated rings. The molecule has 0 spiro atoms. The summed E-state index contributed by atoms with van der Waals surface area (Å²) in [7, 11) is 0. The van der Waals surface area contributed by atoms with Crippen LogP contribution in [0.4, 0.5) is 0 Å². The predicted molar refractivity (Wildman–Crippen MR) is 66.6 cm³/mol. The summed E-state index contributed by atoms with van der Waals surface area (Å²) in [6.07, 6.45) is 5.42. The SMILES string of the molecule is CCCCC1NC(CC)N(C2CCOC2)C1=O. The van der Waals surface area contributed by atoms with Gasteiger partial charge in [-0.3, -0.25) is 10.1 Å². The van der Waals surface area contributed by atoms with Gasteiger partial charge in [0.2, 0.25) is 5.91 Å². The molecule has 2 aliphatic heterocycles. The minimum absolute atomic E-state index is 0.0421. The smallest absolute Gasteiger partial charge is 0.241 e. The highest BCUT2D eigenvalue weighted by atomic mass is 16.5. The van der Waals surface area contributed by atoms with Gasteiger partial charge in [0.1, 0.15) is 0 Å². The van der Waals surface area contributed by atoms with Crippen LogP contribution in [0.25, 0.3) is 0 Å². The van der Waals surface area contributed by atoms with E-state index in [1.807, 2.05) is 4.90 Å². The summed E-state index contributed by atoms with van der Waals surface area (Å²) < 4.78 is 5.41. The van der Waals surface area contributed by atoms with E-state index in [0.717, 1.165) is 38.7 Å². The van der Waals surface area contributed by atoms with Gasteiger partial charge in [0.15, 0.2) is 0 Å². The molecule has 2 saturated heterocycles. The Hall–Kier alpha value is -0.610. The van der Waals surface area contributed by atoms with E-state index in [2.05, 4.69) is 19.2 Å². The van der Waals surface area contributed by atoms with E-state index in [0.29, 0.717) is 18.6 Å². The molecule has 1 N–H and O–H groups in total. The second-order valence-corrected chi connectivity index (χ2v) is 5.05. The Morgan fingerprint density at radius 1 is 1.47 bits per heavy atom. The number of ether oxygens (including phenoxy) is 1. The lowest BCUT2D eigenvalue weighted by Gasteiger charge is -2.28. The molecule has 4 nitrogen and oxygen atoms in total. The van der Waals surface area contributed by atoms with Crippen molar-refractivity contribution in [3.05, 3.63) is 0 Å². The van der Waals surface area contributed by atoms with Gasteiger partial charge in [0.05, 0.1) is 24.9 Å². The minimum Gasteiger partial charge on any atom is -0.379 e. The summed E-state index contributed by atoms with van der Waals surface area (Å²) in [5, 5.41) is 3.47. The van der Waals surface area contributed by atoms with Crippen LogP contribution in [0.5, 0.6) is 0 Å². The molecule has 2 rings (SSSR count). The first kappa shape index (κ1) is 12.8. The summed E-state index contributed by atoms with van der Waals surface area (Å²) in [5.41, 5.74) is 0. The van der Waals surface area contributed by atoms with Crippen LogP contribution < -0.4 is 5.32 Å². The zero-order valence-electron chi connectivity index (χ0n) is 10.9. The van der Waals surface area contributed by atoms with Gasteiger partial charge in [-0.05, 0) is 19.3 Å². The highest BCUT2D eigenvalue weighted by Gasteiger charge is 2.42. The van der Waals surface area contributed by atoms with E-state index >= 15 is 0 Å². The Morgan fingerprint density at radius 2 is 2.29 bits per heavy atom. The predicted octanol–water partition coefficient (Wildman–Crippen LogP) is 1.50. The van der Waals surface area contributed by atoms with Crippen LogP contribution in [-0.2, 0) is 9.53 Å². The standard InChI is InChI=1S/C13H24N2O2/c1-3-5-6-11-13(16)15(12(4-2)14-11)10-7-8-17-9-10/h10-12,14H,3-9H2,1-2H3. The highest BCUT2D eigenvalue weighted by Crippen LogP contribution is 2.24. The third-order valence-electron chi connectivity index (χ3n) is 3.81. The monoisotopic (exact) mass is 240 g/mol. The van der Waals surface area contributed by atoms with Crippen LogP contribution in [0.1, 0.15) is 46.0 Å². The van der Waals surface area contributed by atoms with E-state index in [-0.39, 0.29) is 12.2 Å². The summed E-state index contributed by atoms with van der Waals surface area (Å²) in [6, 6.07) is 0.340. The number of hydrogen-bond acceptors (Lipinski definition) is 3. The van der Waals surface area contributed by atoms with Crippen LogP contribution in [0.15, 0.2) is 0 Å². The van der Waals surface area contributed by atoms with Crippen LogP contribution in [0.3, 0.4) is 0 Å². The number of carbonyl (C=O) groups excluding carboxylic acids is 1. The molecule has 1 amide bonds. The zero-order valence-corrected chi connectivity index (χ0v) is 10.9. The normalized spacial score (nSPS) is 33.6. The molecule has 0 saturated carbocycles. The Morgan fingerprint density at radius 3 is 2.88 bits per heavy atom. The fourth-order valence-corrected chi connectivity index (χ4v) is 2.82. The first-order valence-electron chi connectivity index (χ1n) is 6.93. The summed E-state index contributed by atoms with van der Waals surface area (Å²) in [6.45, 7) is 5.81. The molecule has 2 aliphatic rings. The molecule has 2 heterocycles. The molecule has 0 aromatic heterocycles. The van der Waals surface area contributed by atoms with E-state index < -0.39 is 0 Å². The van der Waals surface area contributed by atoms with Gasteiger partial charge < -0.3 is 9.64 Å². The van der Waals surface area contributed by atoms with E-state index in [4.69, 9.17) is 4.74 Å². The van der Waals surface area contributed by atoms with Gasteiger partial charge >= 0.3 is 0 Å². The number of carbonyl (C=O) groups is 1. The largest absolute Gasteiger partial charge is 0.379 e. The molecule has 17 heavy (non-hydrogen) atoms. The average Bonchev–Trinajstić information content (AvgIpc) is 2.94. The Balaban J connectivity index is 2.00. The first-order valence-corrected chi connectivity index (χ1v) is 6.93. The molecule has 4 heteroatoms. The Kier molecular flexibility index (Phi) is 4.40. The summed E-state index contributed by atoms with van der Waals surface area (Å²) in [5.74, 6) is 0.292. The van der Waals surface area contributed by atoms with Crippen molar-refractivity contribution in [1.29, 1.82) is 0 Å². The second-order valence-electron chi connectivity index (χ2n) is 5.05. The minimum atomic E-state index is 0.0421. The molecule has 0 aliphatic carbocycles. The number of unbranched alkanes of at least 4 members (excludes halogenated alkanes) is 1. The number of amides is 1. The molecule has 0 radical (unpaired) electrons. The number of hydrogen-bond donors (Lipinski definition) is 1. The van der Waals surface area contributed by atoms with Crippen molar-refractivity contribution in [3.63, 3.8) is 0 Å². The summed E-state index contributed by atoms with van der Waals surface area (Å²) >= 11 is 0. The van der Waals surface area contributed by atoms with Crippen molar-refractivity contribution in [2.24, 2.45) is 0 Å². The van der Waals surface area contributed by atoms with Crippen molar-refractivity contribution in [2.75, 3.05) is 13.2 Å². The molecule has 3 atom stereocenters. The van der Waals surface area contributed by atoms with Crippen molar-refractivity contribution >= 4 is 5.91 Å². The van der Waals surface area contributed by atoms with Crippen LogP contribution in [0.2, 0.25) is 0 Å². The van der Waals surface area contributed by atoms with Crippen LogP contribution in [0, 0.1) is 0 Å². The van der Waals surface area contributed by atoms with Gasteiger partial charge in [-0.25, -0.2) is 0 Å². The van der Waals surface area contributed by atoms with E-state index in [9.17, 15) is 4.79 Å². The molecule has 0 aromatic carbocycles. The fourth-order valence-electron chi connectivity index (χ4n) is 2.82. The van der Waals surface area contributed by atoms with Crippen molar-refractivity contribution in [3.8, 4) is 0 Å². The average molecular weight is 240 g/mol. The van der Waals surface area contributed by atoms with Gasteiger partial charge in [-0.15, -0.1) is 0 Å². The summed E-state index contributed by atoms with van der Waals surface area (Å²) in [4.78, 5) is 14.4. The maximum atomic E-state index is 12.4. The molecular weight excluding hydrogens is 216 g/mol. The van der Waals surface area contributed by atoms with Gasteiger partial charge in [-0.2, -0.15) is 0 Å². The van der Waals surface area contributed by atoms with E-state index in [1.54, 1.807) is 0 Å². The van der Waals surface area contributed by atoms with Crippen LogP contribution >= 0.6 is 0 Å². The van der Waals surface area contributed by atoms with Crippen molar-refractivity contribution < 1.29 is 9.53 Å². The van der Waals surface area contributed by atoms with Crippen molar-refractivity contribution in [1.82, 2.24) is 10.2 Å². The van der Waals surface area contributed by atoms with Crippen molar-refractivity contribution in [2.45, 2.75) is 64.2 Å². The van der Waals surface area contributed by atoms with Gasteiger partial charge in [0, 0.05) is 6.61 Å². The number of nitrogens with zero attached hydrogens (tertiary/aromatic N) is 1. The lowest BCUT2D eigenvalue weighted by Crippen LogP contribution is -2.44. The van der Waals surface area contributed by atoms with Gasteiger partial charge in [-0.1, -0.05) is 26.7 Å². The lowest BCUT2D eigenvalue weighted by atomic mass is 10.1. The maximum Gasteiger partial charge on any atom is 0.241 e. The zero-order chi connectivity index (χ0) is 12.3. The maximum absolute atomic E-state index is 12.4. The Bertz CT molecular complexity index is 264. The quantitative estimate of drug-likeness (QED) is 0.792. The molecule has 98 valence electrons. The molecule has 0 bridgehead atoms. The third kappa shape index (κ3) is 2.63. The molecule has 0 aromatic rings. The second kappa shape index (κ2) is 5.83. The van der Waals surface area contributed by atoms with E-state index in [1.165, 1.54) is 0 Å². The molecular formula is C13H24N2O2. The lowest BCUT2D eigenvalue weighted by molar-refractivity contribution is -0.132. The highest BCUT2D eigenvalue weighted by molar-refractivity contribution is 5.84. The fraction of sp³-hybridized carbons (Fsp3) is 0.923. The number of rotatable bonds is 5. The third-order valence-corrected chi connectivity index (χ3v) is 3.81. The van der Waals surface area contributed by atoms with Gasteiger partial charge in [0.25, 0.3) is 0 Å². The molecule has 3 unspecified atom stereocenters. The van der Waals surface area contributed by atoms with Crippen LogP contribution in [-0.4, -0.2) is 42.3 Å². The number of nitrogens with one attached hydrogen (secondary N) is 1. The Labute approximate surface area is 104 Å². The topological polar surface area (TPSA) is 41.6 Å². The first-order chi connectivity index (χ1) is 8.27.